The van der Waals surface area contributed by atoms with Crippen molar-refractivity contribution in [3.05, 3.63) is 154 Å². The van der Waals surface area contributed by atoms with E-state index in [-0.39, 0.29) is 25.1 Å². The number of halogens is 2. The molecule has 0 saturated carbocycles. The van der Waals surface area contributed by atoms with E-state index in [0.29, 0.717) is 78.4 Å². The number of amides is 10. The number of aryl methyl sites for hydroxylation is 10. The summed E-state index contributed by atoms with van der Waals surface area (Å²) in [7, 11) is -18.6. The van der Waals surface area contributed by atoms with Crippen LogP contribution in [0, 0.1) is 17.8 Å². The molecular formula is C97H131F2N15O16S5. The number of hydrogen-bond acceptors (Lipinski definition) is 21. The maximum atomic E-state index is 12.7. The summed E-state index contributed by atoms with van der Waals surface area (Å²) in [6, 6.07) is 7.04. The lowest BCUT2D eigenvalue weighted by molar-refractivity contribution is 0.00657. The zero-order valence-corrected chi connectivity index (χ0v) is 82.0. The molecule has 135 heavy (non-hydrogen) atoms. The Labute approximate surface area is 793 Å². The van der Waals surface area contributed by atoms with Gasteiger partial charge >= 0.3 is 30.2 Å². The number of benzene rings is 5. The van der Waals surface area contributed by atoms with E-state index in [1.165, 1.54) is 112 Å². The van der Waals surface area contributed by atoms with Crippen LogP contribution in [-0.2, 0) is 179 Å². The fourth-order valence-corrected chi connectivity index (χ4v) is 28.9. The SMILES string of the molecule is C#CCN1CC(S(=O)(=O)NC(=O)Nc2c3c(cc4c2CCC4)CCC3)C1.C=CCN1CC(S(=O)(=O)NC(=O)Nc2c3c(cc4c2CCC4)CCC3)C1.CC(C(F)F)N1CC(S(=O)(=O)NC(=O)Nc2c3c(cc4c2CCC4)CCC3)C1.CC(C)(C)CN1CC(S(=O)(=O)NC(=O)Nc2c3c(cc4c2CCC4)CCC3)C1.O=C(Nc1c2c(cc3c1CCC3)CCC2)NS(=O)(=O)C1CN(CCCO)C1. The van der Waals surface area contributed by atoms with E-state index in [0.717, 1.165) is 239 Å². The average molecular weight is 1960 g/mol. The third kappa shape index (κ3) is 22.7. The van der Waals surface area contributed by atoms with Crippen molar-refractivity contribution in [2.45, 2.75) is 265 Å². The monoisotopic (exact) mass is 1960 g/mol. The van der Waals surface area contributed by atoms with E-state index in [2.05, 4.69) is 119 Å². The van der Waals surface area contributed by atoms with Crippen molar-refractivity contribution >= 4 is 109 Å². The van der Waals surface area contributed by atoms with Crippen LogP contribution in [0.4, 0.5) is 61.2 Å². The third-order valence-corrected chi connectivity index (χ3v) is 37.7. The number of carbonyl (C=O) groups excluding carboxylic acids is 5. The van der Waals surface area contributed by atoms with Crippen LogP contribution >= 0.6 is 0 Å². The highest BCUT2D eigenvalue weighted by Crippen LogP contribution is 2.45. The number of urea groups is 5. The number of carbonyl (C=O) groups is 5. The molecule has 20 rings (SSSR count). The van der Waals surface area contributed by atoms with Gasteiger partial charge in [-0.3, -0.25) is 19.6 Å². The number of nitrogens with zero attached hydrogens (tertiary/aromatic N) is 5. The van der Waals surface area contributed by atoms with Crippen LogP contribution in [0.1, 0.15) is 210 Å². The normalized spacial score (nSPS) is 19.8. The first-order chi connectivity index (χ1) is 64.3. The standard InChI is InChI=1S/C21H31N3O3S.C19H25F2N3O3S.C19H27N3O4S.C19H25N3O3S.C19H23N3O3S/c1-21(2,3)13-24-11-16(12-24)28(26,27)23-20(25)22-19-17-8-4-6-14(17)10-15-7-5-9-18(15)19;1-11(18(20)21)24-9-14(10-24)28(26,27)23-19(25)22-17-15-6-2-4-12(15)8-13-5-3-7-16(13)17;23-9-3-8-22-11-15(12-22)27(25,26)21-19(24)20-18-16-6-1-4-13(16)10-14-5-2-7-17(14)18;2*1-2-9-22-11-15(12-22)26(24,25)21-19(23)20-18-16-7-3-5-13(16)10-14-6-4-8-17(14)18/h10,16H,4-9,11-13H2,1-3H3,(H2,22,23,25);8,11,14,18H,2-7,9-10H2,1H3,(H2,22,23,25);10,15,23H,1-9,11-12H2,(H2,20,21,24);2,10,15H,1,3-9,11-12H2,(H2,20,21,23);1,10,15H,3-9,11-12H2,(H2,20,21,23). The molecule has 10 amide bonds. The zero-order valence-electron chi connectivity index (χ0n) is 77.9. The number of hydrogen-bond donors (Lipinski definition) is 11. The van der Waals surface area contributed by atoms with Gasteiger partial charge in [-0.15, -0.1) is 13.0 Å². The van der Waals surface area contributed by atoms with Gasteiger partial charge in [0, 0.05) is 120 Å². The minimum Gasteiger partial charge on any atom is -0.396 e. The number of fused-ring (bicyclic) bond motifs is 10. The molecule has 15 aliphatic rings. The lowest BCUT2D eigenvalue weighted by Gasteiger charge is -2.41. The van der Waals surface area contributed by atoms with Gasteiger partial charge in [-0.05, 0) is 323 Å². The molecule has 1 atom stereocenters. The van der Waals surface area contributed by atoms with Gasteiger partial charge in [-0.2, -0.15) is 0 Å². The third-order valence-electron chi connectivity index (χ3n) is 29.5. The lowest BCUT2D eigenvalue weighted by atomic mass is 9.94. The van der Waals surface area contributed by atoms with Crippen LogP contribution in [-0.4, -0.2) is 239 Å². The summed E-state index contributed by atoms with van der Waals surface area (Å²) in [4.78, 5) is 71.7. The van der Waals surface area contributed by atoms with E-state index < -0.39 is 119 Å². The number of anilines is 5. The molecule has 31 nitrogen and oxygen atoms in total. The molecule has 0 spiro atoms. The molecule has 734 valence electrons. The minimum atomic E-state index is -3.91. The van der Waals surface area contributed by atoms with Gasteiger partial charge in [0.2, 0.25) is 50.1 Å². The second-order valence-corrected chi connectivity index (χ2v) is 50.1. The van der Waals surface area contributed by atoms with Crippen molar-refractivity contribution in [3.8, 4) is 12.3 Å². The molecule has 38 heteroatoms. The summed E-state index contributed by atoms with van der Waals surface area (Å²) >= 11 is 0. The Morgan fingerprint density at radius 2 is 0.607 bits per heavy atom. The molecule has 10 aliphatic carbocycles. The Morgan fingerprint density at radius 3 is 0.822 bits per heavy atom. The van der Waals surface area contributed by atoms with Crippen molar-refractivity contribution in [1.29, 1.82) is 0 Å². The van der Waals surface area contributed by atoms with Crippen molar-refractivity contribution in [3.63, 3.8) is 0 Å². The van der Waals surface area contributed by atoms with Crippen molar-refractivity contribution in [1.82, 2.24) is 48.1 Å². The van der Waals surface area contributed by atoms with Crippen LogP contribution in [0.2, 0.25) is 0 Å². The first-order valence-corrected chi connectivity index (χ1v) is 56.1. The molecule has 5 saturated heterocycles. The van der Waals surface area contributed by atoms with Crippen LogP contribution in [0.5, 0.6) is 0 Å². The first kappa shape index (κ1) is 99.1. The fourth-order valence-electron chi connectivity index (χ4n) is 22.5. The predicted molar refractivity (Wildman–Crippen MR) is 520 cm³/mol. The number of aliphatic hydroxyl groups excluding tert-OH is 1. The van der Waals surface area contributed by atoms with E-state index >= 15 is 0 Å². The maximum Gasteiger partial charge on any atom is 0.332 e. The Balaban J connectivity index is 0.000000123. The number of nitrogens with one attached hydrogen (secondary N) is 10. The molecule has 0 radical (unpaired) electrons. The molecule has 0 bridgehead atoms. The Morgan fingerprint density at radius 1 is 0.385 bits per heavy atom. The van der Waals surface area contributed by atoms with Crippen LogP contribution < -0.4 is 50.2 Å². The summed E-state index contributed by atoms with van der Waals surface area (Å²) in [5.41, 5.74) is 29.0. The summed E-state index contributed by atoms with van der Waals surface area (Å²) in [5.74, 6) is 2.49. The highest BCUT2D eigenvalue weighted by atomic mass is 32.2. The maximum absolute atomic E-state index is 12.7. The number of sulfonamides is 5. The van der Waals surface area contributed by atoms with Crippen molar-refractivity contribution in [2.24, 2.45) is 5.41 Å². The smallest absolute Gasteiger partial charge is 0.332 e. The molecule has 5 fully saturated rings. The van der Waals surface area contributed by atoms with E-state index in [9.17, 15) is 74.8 Å². The van der Waals surface area contributed by atoms with E-state index in [4.69, 9.17) is 11.5 Å². The van der Waals surface area contributed by atoms with Crippen LogP contribution in [0.25, 0.3) is 0 Å². The quantitative estimate of drug-likeness (QED) is 0.0202. The molecule has 1 unspecified atom stereocenters. The van der Waals surface area contributed by atoms with Gasteiger partial charge in [0.1, 0.15) is 26.2 Å². The van der Waals surface area contributed by atoms with Gasteiger partial charge in [0.05, 0.1) is 12.6 Å². The average Bonchev–Trinajstić information content (AvgIpc) is 1.67. The Bertz CT molecular complexity index is 5940. The van der Waals surface area contributed by atoms with Gasteiger partial charge in [-0.1, -0.05) is 63.1 Å². The van der Waals surface area contributed by atoms with Crippen LogP contribution in [0.15, 0.2) is 43.0 Å². The predicted octanol–water partition coefficient (Wildman–Crippen LogP) is 9.90. The summed E-state index contributed by atoms with van der Waals surface area (Å²) < 4.78 is 161. The van der Waals surface area contributed by atoms with E-state index in [1.807, 2.05) is 14.7 Å². The molecular weight excluding hydrogens is 1830 g/mol. The van der Waals surface area contributed by atoms with Gasteiger partial charge in [0.15, 0.2) is 0 Å². The molecule has 5 heterocycles. The minimum absolute atomic E-state index is 0.00422. The fraction of sp³-hybridized carbons (Fsp3) is 0.598. The first-order valence-electron chi connectivity index (χ1n) is 48.3. The number of aliphatic hydroxyl groups is 1. The zero-order chi connectivity index (χ0) is 95.8. The molecule has 5 aliphatic heterocycles. The number of rotatable bonds is 24. The molecule has 5 aromatic rings. The highest BCUT2D eigenvalue weighted by Gasteiger charge is 2.46. The molecule has 11 N–H and O–H groups in total. The largest absolute Gasteiger partial charge is 0.396 e. The number of alkyl halides is 2. The molecule has 0 aromatic heterocycles. The van der Waals surface area contributed by atoms with Gasteiger partial charge in [-0.25, -0.2) is 98.5 Å². The van der Waals surface area contributed by atoms with Crippen molar-refractivity contribution < 1.29 is 79.9 Å². The summed E-state index contributed by atoms with van der Waals surface area (Å²) in [5, 5.41) is 20.1. The van der Waals surface area contributed by atoms with Crippen LogP contribution in [0.3, 0.4) is 0 Å². The molecule has 5 aromatic carbocycles. The Kier molecular flexibility index (Phi) is 30.3. The topological polar surface area (TPSA) is 413 Å². The summed E-state index contributed by atoms with van der Waals surface area (Å²) in [6.45, 7) is 17.5. The van der Waals surface area contributed by atoms with Gasteiger partial charge < -0.3 is 36.6 Å². The van der Waals surface area contributed by atoms with Crippen molar-refractivity contribution in [2.75, 3.05) is 125 Å². The highest BCUT2D eigenvalue weighted by molar-refractivity contribution is 7.92. The number of likely N-dealkylation sites (tertiary alicyclic amines) is 5. The Hall–Kier alpha value is -8.88. The van der Waals surface area contributed by atoms with E-state index in [1.54, 1.807) is 6.08 Å². The number of terminal acetylenes is 1. The lowest BCUT2D eigenvalue weighted by Crippen LogP contribution is -2.62. The van der Waals surface area contributed by atoms with Gasteiger partial charge in [0.25, 0.3) is 6.43 Å². The summed E-state index contributed by atoms with van der Waals surface area (Å²) in [6.07, 6.45) is 35.4. The second-order valence-electron chi connectivity index (χ2n) is 40.3. The second kappa shape index (κ2) is 41.3.